The van der Waals surface area contributed by atoms with E-state index in [9.17, 15) is 4.79 Å². The highest BCUT2D eigenvalue weighted by Crippen LogP contribution is 2.17. The summed E-state index contributed by atoms with van der Waals surface area (Å²) < 4.78 is 6.50. The fourth-order valence-corrected chi connectivity index (χ4v) is 1.73. The summed E-state index contributed by atoms with van der Waals surface area (Å²) in [6.45, 7) is 1.25. The minimum absolute atomic E-state index is 0.0697. The Bertz CT molecular complexity index is 522. The number of ether oxygens (including phenoxy) is 1. The first kappa shape index (κ1) is 13.3. The lowest BCUT2D eigenvalue weighted by Gasteiger charge is -2.04. The van der Waals surface area contributed by atoms with Gasteiger partial charge in [-0.05, 0) is 5.56 Å². The summed E-state index contributed by atoms with van der Waals surface area (Å²) in [5.41, 5.74) is 2.10. The van der Waals surface area contributed by atoms with Crippen LogP contribution in [0.2, 0.25) is 0 Å². The molecule has 0 aliphatic heterocycles. The Labute approximate surface area is 112 Å². The predicted molar refractivity (Wildman–Crippen MR) is 72.5 cm³/mol. The number of benzene rings is 1. The van der Waals surface area contributed by atoms with Crippen molar-refractivity contribution in [3.05, 3.63) is 42.7 Å². The summed E-state index contributed by atoms with van der Waals surface area (Å²) in [6, 6.07) is 9.95. The van der Waals surface area contributed by atoms with Crippen molar-refractivity contribution in [1.82, 2.24) is 15.1 Å². The lowest BCUT2D eigenvalue weighted by molar-refractivity contribution is -0.122. The van der Waals surface area contributed by atoms with Gasteiger partial charge in [0.2, 0.25) is 5.91 Å². The van der Waals surface area contributed by atoms with Crippen molar-refractivity contribution in [3.63, 3.8) is 0 Å². The maximum absolute atomic E-state index is 11.6. The van der Waals surface area contributed by atoms with E-state index >= 15 is 0 Å². The molecule has 2 aromatic rings. The standard InChI is InChI=1S/C14H17N3O2/c1-19-8-7-15-14(18)11-17-10-13(9-16-17)12-5-3-2-4-6-12/h2-6,9-10H,7-8,11H2,1H3,(H,15,18). The lowest BCUT2D eigenvalue weighted by Crippen LogP contribution is -2.30. The number of rotatable bonds is 6. The minimum Gasteiger partial charge on any atom is -0.383 e. The van der Waals surface area contributed by atoms with E-state index in [1.807, 2.05) is 36.5 Å². The molecule has 0 spiro atoms. The van der Waals surface area contributed by atoms with Gasteiger partial charge in [0.05, 0.1) is 12.8 Å². The van der Waals surface area contributed by atoms with Crippen molar-refractivity contribution in [2.75, 3.05) is 20.3 Å². The lowest BCUT2D eigenvalue weighted by atomic mass is 10.1. The second kappa shape index (κ2) is 6.70. The molecule has 1 aromatic heterocycles. The maximum Gasteiger partial charge on any atom is 0.241 e. The van der Waals surface area contributed by atoms with Crippen LogP contribution in [0.25, 0.3) is 11.1 Å². The van der Waals surface area contributed by atoms with Gasteiger partial charge in [0, 0.05) is 25.4 Å². The molecule has 0 fully saturated rings. The van der Waals surface area contributed by atoms with Gasteiger partial charge in [0.15, 0.2) is 0 Å². The average molecular weight is 259 g/mol. The largest absolute Gasteiger partial charge is 0.383 e. The second-order valence-electron chi connectivity index (χ2n) is 4.14. The molecule has 0 atom stereocenters. The number of carbonyl (C=O) groups excluding carboxylic acids is 1. The summed E-state index contributed by atoms with van der Waals surface area (Å²) in [6.07, 6.45) is 3.63. The molecule has 0 aliphatic carbocycles. The molecule has 0 saturated heterocycles. The molecule has 0 saturated carbocycles. The number of hydrogen-bond donors (Lipinski definition) is 1. The molecule has 1 heterocycles. The normalized spacial score (nSPS) is 10.4. The summed E-state index contributed by atoms with van der Waals surface area (Å²) in [5, 5.41) is 6.94. The highest BCUT2D eigenvalue weighted by Gasteiger charge is 2.05. The highest BCUT2D eigenvalue weighted by atomic mass is 16.5. The molecule has 1 aromatic carbocycles. The van der Waals surface area contributed by atoms with Crippen molar-refractivity contribution in [1.29, 1.82) is 0 Å². The first-order chi connectivity index (χ1) is 9.29. The Morgan fingerprint density at radius 2 is 2.11 bits per heavy atom. The molecule has 2 rings (SSSR count). The molecule has 5 heteroatoms. The Hall–Kier alpha value is -2.14. The summed E-state index contributed by atoms with van der Waals surface area (Å²) in [5.74, 6) is -0.0697. The maximum atomic E-state index is 11.6. The van der Waals surface area contributed by atoms with Crippen molar-refractivity contribution in [3.8, 4) is 11.1 Å². The van der Waals surface area contributed by atoms with Gasteiger partial charge < -0.3 is 10.1 Å². The van der Waals surface area contributed by atoms with Crippen LogP contribution in [-0.4, -0.2) is 35.9 Å². The third-order valence-electron chi connectivity index (χ3n) is 2.67. The van der Waals surface area contributed by atoms with E-state index in [-0.39, 0.29) is 12.5 Å². The number of methoxy groups -OCH3 is 1. The Balaban J connectivity index is 1.93. The fourth-order valence-electron chi connectivity index (χ4n) is 1.73. The van der Waals surface area contributed by atoms with Crippen LogP contribution in [0.3, 0.4) is 0 Å². The van der Waals surface area contributed by atoms with E-state index in [1.54, 1.807) is 18.0 Å². The van der Waals surface area contributed by atoms with Gasteiger partial charge >= 0.3 is 0 Å². The smallest absolute Gasteiger partial charge is 0.241 e. The summed E-state index contributed by atoms with van der Waals surface area (Å²) in [4.78, 5) is 11.6. The van der Waals surface area contributed by atoms with E-state index in [1.165, 1.54) is 0 Å². The van der Waals surface area contributed by atoms with Crippen molar-refractivity contribution in [2.24, 2.45) is 0 Å². The zero-order valence-electron chi connectivity index (χ0n) is 10.9. The fraction of sp³-hybridized carbons (Fsp3) is 0.286. The average Bonchev–Trinajstić information content (AvgIpc) is 2.88. The molecule has 19 heavy (non-hydrogen) atoms. The third kappa shape index (κ3) is 3.93. The zero-order chi connectivity index (χ0) is 13.5. The van der Waals surface area contributed by atoms with Gasteiger partial charge in [0.25, 0.3) is 0 Å². The Morgan fingerprint density at radius 3 is 2.84 bits per heavy atom. The van der Waals surface area contributed by atoms with Crippen LogP contribution in [0.15, 0.2) is 42.7 Å². The molecule has 100 valence electrons. The monoisotopic (exact) mass is 259 g/mol. The number of amides is 1. The number of nitrogens with zero attached hydrogens (tertiary/aromatic N) is 2. The minimum atomic E-state index is -0.0697. The van der Waals surface area contributed by atoms with Gasteiger partial charge in [-0.15, -0.1) is 0 Å². The van der Waals surface area contributed by atoms with Crippen molar-refractivity contribution in [2.45, 2.75) is 6.54 Å². The molecule has 0 aliphatic rings. The van der Waals surface area contributed by atoms with E-state index in [4.69, 9.17) is 4.74 Å². The van der Waals surface area contributed by atoms with E-state index in [0.717, 1.165) is 11.1 Å². The van der Waals surface area contributed by atoms with Crippen LogP contribution in [-0.2, 0) is 16.1 Å². The first-order valence-corrected chi connectivity index (χ1v) is 6.13. The number of hydrogen-bond acceptors (Lipinski definition) is 3. The van der Waals surface area contributed by atoms with Gasteiger partial charge in [-0.1, -0.05) is 30.3 Å². The summed E-state index contributed by atoms with van der Waals surface area (Å²) in [7, 11) is 1.60. The molecule has 0 radical (unpaired) electrons. The Kier molecular flexibility index (Phi) is 4.69. The number of aromatic nitrogens is 2. The first-order valence-electron chi connectivity index (χ1n) is 6.13. The zero-order valence-corrected chi connectivity index (χ0v) is 10.9. The van der Waals surface area contributed by atoms with Crippen molar-refractivity contribution < 1.29 is 9.53 Å². The van der Waals surface area contributed by atoms with Crippen LogP contribution < -0.4 is 5.32 Å². The molecule has 1 N–H and O–H groups in total. The van der Waals surface area contributed by atoms with Crippen LogP contribution in [0.5, 0.6) is 0 Å². The van der Waals surface area contributed by atoms with E-state index in [2.05, 4.69) is 10.4 Å². The van der Waals surface area contributed by atoms with Gasteiger partial charge in [-0.3, -0.25) is 9.48 Å². The predicted octanol–water partition coefficient (Wildman–Crippen LogP) is 1.31. The van der Waals surface area contributed by atoms with Gasteiger partial charge in [-0.25, -0.2) is 0 Å². The van der Waals surface area contributed by atoms with Crippen LogP contribution in [0.4, 0.5) is 0 Å². The van der Waals surface area contributed by atoms with Crippen LogP contribution in [0, 0.1) is 0 Å². The van der Waals surface area contributed by atoms with Crippen molar-refractivity contribution >= 4 is 5.91 Å². The van der Waals surface area contributed by atoms with Crippen LogP contribution >= 0.6 is 0 Å². The van der Waals surface area contributed by atoms with Gasteiger partial charge in [-0.2, -0.15) is 5.10 Å². The molecule has 0 unspecified atom stereocenters. The third-order valence-corrected chi connectivity index (χ3v) is 2.67. The number of nitrogens with one attached hydrogen (secondary N) is 1. The molecular formula is C14H17N3O2. The molecular weight excluding hydrogens is 242 g/mol. The van der Waals surface area contributed by atoms with E-state index < -0.39 is 0 Å². The van der Waals surface area contributed by atoms with E-state index in [0.29, 0.717) is 13.2 Å². The highest BCUT2D eigenvalue weighted by molar-refractivity contribution is 5.75. The number of carbonyl (C=O) groups is 1. The molecule has 5 nitrogen and oxygen atoms in total. The quantitative estimate of drug-likeness (QED) is 0.796. The second-order valence-corrected chi connectivity index (χ2v) is 4.14. The molecule has 1 amide bonds. The Morgan fingerprint density at radius 1 is 1.32 bits per heavy atom. The molecule has 0 bridgehead atoms. The summed E-state index contributed by atoms with van der Waals surface area (Å²) >= 11 is 0. The topological polar surface area (TPSA) is 56.1 Å². The SMILES string of the molecule is COCCNC(=O)Cn1cc(-c2ccccc2)cn1. The van der Waals surface area contributed by atoms with Crippen LogP contribution in [0.1, 0.15) is 0 Å². The van der Waals surface area contributed by atoms with Gasteiger partial charge in [0.1, 0.15) is 6.54 Å².